The van der Waals surface area contributed by atoms with Crippen LogP contribution in [0.2, 0.25) is 0 Å². The number of ketones is 1. The number of hydrogen-bond donors (Lipinski definition) is 2. The lowest BCUT2D eigenvalue weighted by Crippen LogP contribution is -2.27. The molecule has 0 saturated heterocycles. The summed E-state index contributed by atoms with van der Waals surface area (Å²) >= 11 is 0. The lowest BCUT2D eigenvalue weighted by molar-refractivity contribution is 0.0971. The van der Waals surface area contributed by atoms with Crippen LogP contribution in [0.3, 0.4) is 0 Å². The molecule has 2 N–H and O–H groups in total. The van der Waals surface area contributed by atoms with E-state index in [1.54, 1.807) is 22.8 Å². The number of carbonyl (C=O) groups excluding carboxylic acids is 1. The van der Waals surface area contributed by atoms with Crippen molar-refractivity contribution in [3.8, 4) is 5.75 Å². The molecule has 0 bridgehead atoms. The molecule has 0 aliphatic carbocycles. The van der Waals surface area contributed by atoms with Crippen LogP contribution in [0, 0.1) is 5.41 Å². The average molecular weight is 420 g/mol. The van der Waals surface area contributed by atoms with Crippen molar-refractivity contribution in [2.24, 2.45) is 0 Å². The SMILES string of the molecule is C=CCn1c(=N)n(CC(=O)c2cc(C(C)(C)C)c(O)c(C(C)(C)C)c2)c2ccccc21. The van der Waals surface area contributed by atoms with Gasteiger partial charge >= 0.3 is 0 Å². The summed E-state index contributed by atoms with van der Waals surface area (Å²) in [5.74, 6) is 0.170. The van der Waals surface area contributed by atoms with Crippen molar-refractivity contribution in [2.75, 3.05) is 0 Å². The number of fused-ring (bicyclic) bond motifs is 1. The van der Waals surface area contributed by atoms with Crippen LogP contribution >= 0.6 is 0 Å². The van der Waals surface area contributed by atoms with Gasteiger partial charge in [0.15, 0.2) is 5.78 Å². The number of imidazole rings is 1. The van der Waals surface area contributed by atoms with Gasteiger partial charge in [-0.1, -0.05) is 59.8 Å². The van der Waals surface area contributed by atoms with Crippen LogP contribution in [0.1, 0.15) is 63.0 Å². The van der Waals surface area contributed by atoms with E-state index in [0.717, 1.165) is 22.2 Å². The van der Waals surface area contributed by atoms with Crippen molar-refractivity contribution < 1.29 is 9.90 Å². The predicted octanol–water partition coefficient (Wildman–Crippen LogP) is 5.29. The van der Waals surface area contributed by atoms with Crippen molar-refractivity contribution in [1.29, 1.82) is 5.41 Å². The van der Waals surface area contributed by atoms with Crippen LogP contribution in [0.4, 0.5) is 0 Å². The highest BCUT2D eigenvalue weighted by molar-refractivity contribution is 5.97. The van der Waals surface area contributed by atoms with Crippen LogP contribution in [0.5, 0.6) is 5.75 Å². The number of para-hydroxylation sites is 2. The molecule has 3 rings (SSSR count). The van der Waals surface area contributed by atoms with Gasteiger partial charge in [0.25, 0.3) is 0 Å². The molecule has 2 aromatic carbocycles. The Morgan fingerprint density at radius 1 is 1.00 bits per heavy atom. The second-order valence-electron chi connectivity index (χ2n) is 10.1. The van der Waals surface area contributed by atoms with E-state index in [0.29, 0.717) is 12.1 Å². The van der Waals surface area contributed by atoms with Gasteiger partial charge in [0.1, 0.15) is 5.75 Å². The number of rotatable bonds is 5. The first-order chi connectivity index (χ1) is 14.4. The summed E-state index contributed by atoms with van der Waals surface area (Å²) in [6.45, 7) is 16.5. The average Bonchev–Trinajstić information content (AvgIpc) is 2.92. The standard InChI is InChI=1S/C26H33N3O2/c1-8-13-28-20-11-9-10-12-21(20)29(24(28)27)16-22(30)17-14-18(25(2,3)4)23(31)19(15-17)26(5,6)7/h8-12,14-15,27,31H,1,13,16H2,2-7H3. The molecule has 0 fully saturated rings. The Kier molecular flexibility index (Phi) is 5.74. The number of aromatic nitrogens is 2. The number of Topliss-reactive ketones (excluding diaryl/α,β-unsaturated/α-hetero) is 1. The molecule has 0 unspecified atom stereocenters. The molecule has 0 aliphatic rings. The topological polar surface area (TPSA) is 71.0 Å². The van der Waals surface area contributed by atoms with Crippen molar-refractivity contribution >= 4 is 16.8 Å². The van der Waals surface area contributed by atoms with Crippen molar-refractivity contribution in [1.82, 2.24) is 9.13 Å². The number of phenols is 1. The minimum atomic E-state index is -0.311. The van der Waals surface area contributed by atoms with E-state index in [1.807, 2.05) is 70.4 Å². The van der Waals surface area contributed by atoms with Crippen molar-refractivity contribution in [3.05, 3.63) is 71.4 Å². The van der Waals surface area contributed by atoms with Crippen LogP contribution < -0.4 is 5.62 Å². The quantitative estimate of drug-likeness (QED) is 0.436. The zero-order chi connectivity index (χ0) is 23.1. The van der Waals surface area contributed by atoms with Gasteiger partial charge in [-0.2, -0.15) is 0 Å². The summed E-state index contributed by atoms with van der Waals surface area (Å²) in [6.07, 6.45) is 1.75. The molecule has 0 radical (unpaired) electrons. The second kappa shape index (κ2) is 7.88. The fourth-order valence-electron chi connectivity index (χ4n) is 3.94. The summed E-state index contributed by atoms with van der Waals surface area (Å²) in [4.78, 5) is 13.4. The normalized spacial score (nSPS) is 12.3. The molecule has 3 aromatic rings. The zero-order valence-electron chi connectivity index (χ0n) is 19.4. The third-order valence-corrected chi connectivity index (χ3v) is 5.64. The summed E-state index contributed by atoms with van der Waals surface area (Å²) in [7, 11) is 0. The van der Waals surface area contributed by atoms with Gasteiger partial charge in [0.2, 0.25) is 5.62 Å². The van der Waals surface area contributed by atoms with Gasteiger partial charge in [-0.25, -0.2) is 0 Å². The number of phenolic OH excluding ortho intramolecular Hbond substituents is 1. The van der Waals surface area contributed by atoms with E-state index in [9.17, 15) is 9.90 Å². The van der Waals surface area contributed by atoms with Crippen LogP contribution in [0.25, 0.3) is 11.0 Å². The van der Waals surface area contributed by atoms with Crippen LogP contribution in [0.15, 0.2) is 49.1 Å². The summed E-state index contributed by atoms with van der Waals surface area (Å²) in [5, 5.41) is 19.6. The van der Waals surface area contributed by atoms with Gasteiger partial charge in [-0.15, -0.1) is 6.58 Å². The van der Waals surface area contributed by atoms with E-state index in [-0.39, 0.29) is 34.5 Å². The highest BCUT2D eigenvalue weighted by Gasteiger charge is 2.28. The van der Waals surface area contributed by atoms with Gasteiger partial charge in [-0.05, 0) is 35.1 Å². The van der Waals surface area contributed by atoms with Gasteiger partial charge in [0.05, 0.1) is 17.6 Å². The number of hydrogen-bond acceptors (Lipinski definition) is 3. The molecule has 1 aromatic heterocycles. The summed E-state index contributed by atoms with van der Waals surface area (Å²) in [6, 6.07) is 11.3. The Bertz CT molecular complexity index is 1180. The van der Waals surface area contributed by atoms with E-state index in [4.69, 9.17) is 5.41 Å². The lowest BCUT2D eigenvalue weighted by Gasteiger charge is -2.28. The minimum Gasteiger partial charge on any atom is -0.507 e. The monoisotopic (exact) mass is 419 g/mol. The first-order valence-corrected chi connectivity index (χ1v) is 10.6. The van der Waals surface area contributed by atoms with E-state index in [1.165, 1.54) is 0 Å². The van der Waals surface area contributed by atoms with Crippen molar-refractivity contribution in [2.45, 2.75) is 65.5 Å². The summed E-state index contributed by atoms with van der Waals surface area (Å²) < 4.78 is 3.58. The second-order valence-corrected chi connectivity index (χ2v) is 10.1. The van der Waals surface area contributed by atoms with Gasteiger partial charge < -0.3 is 14.2 Å². The number of carbonyl (C=O) groups is 1. The Morgan fingerprint density at radius 3 is 1.94 bits per heavy atom. The molecule has 31 heavy (non-hydrogen) atoms. The Hall–Kier alpha value is -3.08. The summed E-state index contributed by atoms with van der Waals surface area (Å²) in [5.41, 5.74) is 3.45. The highest BCUT2D eigenvalue weighted by Crippen LogP contribution is 2.39. The molecule has 0 aliphatic heterocycles. The third-order valence-electron chi connectivity index (χ3n) is 5.64. The maximum absolute atomic E-state index is 13.4. The van der Waals surface area contributed by atoms with Crippen molar-refractivity contribution in [3.63, 3.8) is 0 Å². The fraction of sp³-hybridized carbons (Fsp3) is 0.385. The van der Waals surface area contributed by atoms with Crippen LogP contribution in [-0.4, -0.2) is 20.0 Å². The van der Waals surface area contributed by atoms with E-state index in [2.05, 4.69) is 6.58 Å². The fourth-order valence-corrected chi connectivity index (χ4v) is 3.94. The Morgan fingerprint density at radius 2 is 1.48 bits per heavy atom. The van der Waals surface area contributed by atoms with Crippen LogP contribution in [-0.2, 0) is 23.9 Å². The van der Waals surface area contributed by atoms with Gasteiger partial charge in [0, 0.05) is 23.2 Å². The molecule has 5 heteroatoms. The molecule has 164 valence electrons. The molecule has 1 heterocycles. The maximum Gasteiger partial charge on any atom is 0.203 e. The van der Waals surface area contributed by atoms with Gasteiger partial charge in [-0.3, -0.25) is 10.2 Å². The van der Waals surface area contributed by atoms with E-state index < -0.39 is 0 Å². The molecule has 0 spiro atoms. The Balaban J connectivity index is 2.14. The number of nitrogens with zero attached hydrogens (tertiary/aromatic N) is 2. The number of benzene rings is 2. The third kappa shape index (κ3) is 4.22. The largest absolute Gasteiger partial charge is 0.507 e. The molecular weight excluding hydrogens is 386 g/mol. The molecule has 0 saturated carbocycles. The number of aromatic hydroxyl groups is 1. The first-order valence-electron chi connectivity index (χ1n) is 10.6. The predicted molar refractivity (Wildman–Crippen MR) is 126 cm³/mol. The molecular formula is C26H33N3O2. The highest BCUT2D eigenvalue weighted by atomic mass is 16.3. The maximum atomic E-state index is 13.4. The number of nitrogens with one attached hydrogen (secondary N) is 1. The number of allylic oxidation sites excluding steroid dienone is 1. The zero-order valence-corrected chi connectivity index (χ0v) is 19.4. The smallest absolute Gasteiger partial charge is 0.203 e. The minimum absolute atomic E-state index is 0.0570. The molecule has 0 atom stereocenters. The lowest BCUT2D eigenvalue weighted by atomic mass is 9.78. The molecule has 5 nitrogen and oxygen atoms in total. The van der Waals surface area contributed by atoms with E-state index >= 15 is 0 Å². The molecule has 0 amide bonds. The first kappa shape index (κ1) is 22.6. The Labute approximate surface area is 184 Å².